The average molecular weight is 244 g/mol. The van der Waals surface area contributed by atoms with E-state index in [-0.39, 0.29) is 6.04 Å². The number of fused-ring (bicyclic) bond motifs is 1. The number of thiazole rings is 1. The maximum atomic E-state index is 5.80. The van der Waals surface area contributed by atoms with E-state index in [1.165, 1.54) is 0 Å². The summed E-state index contributed by atoms with van der Waals surface area (Å²) in [5, 5.41) is 2.91. The molecule has 86 valence electrons. The minimum atomic E-state index is -0.0305. The Morgan fingerprint density at radius 1 is 1.35 bits per heavy atom. The molecule has 0 spiro atoms. The molecule has 0 aliphatic carbocycles. The lowest BCUT2D eigenvalue weighted by Crippen LogP contribution is -2.04. The predicted molar refractivity (Wildman–Crippen MR) is 68.9 cm³/mol. The van der Waals surface area contributed by atoms with Gasteiger partial charge in [-0.15, -0.1) is 11.3 Å². The quantitative estimate of drug-likeness (QED) is 0.753. The first-order valence-electron chi connectivity index (χ1n) is 5.39. The van der Waals surface area contributed by atoms with Crippen LogP contribution in [0.25, 0.3) is 16.3 Å². The van der Waals surface area contributed by atoms with Crippen LogP contribution < -0.4 is 5.73 Å². The largest absolute Gasteiger partial charge is 0.323 e. The first-order valence-corrected chi connectivity index (χ1v) is 6.27. The highest BCUT2D eigenvalue weighted by Gasteiger charge is 2.10. The Balaban J connectivity index is 2.07. The Labute approximate surface area is 103 Å². The second-order valence-electron chi connectivity index (χ2n) is 3.96. The first-order chi connectivity index (χ1) is 8.24. The van der Waals surface area contributed by atoms with Crippen molar-refractivity contribution in [1.82, 2.24) is 14.4 Å². The van der Waals surface area contributed by atoms with Gasteiger partial charge < -0.3 is 10.1 Å². The van der Waals surface area contributed by atoms with E-state index in [1.54, 1.807) is 11.3 Å². The maximum absolute atomic E-state index is 5.80. The number of hydrogen-bond donors (Lipinski definition) is 1. The summed E-state index contributed by atoms with van der Waals surface area (Å²) in [6, 6.07) is 5.90. The van der Waals surface area contributed by atoms with Gasteiger partial charge in [-0.3, -0.25) is 0 Å². The molecule has 4 nitrogen and oxygen atoms in total. The van der Waals surface area contributed by atoms with Gasteiger partial charge in [0, 0.05) is 23.8 Å². The SMILES string of the molecule is CC(N)c1csc(-c2cn3ccccc3n2)n1. The molecule has 0 saturated carbocycles. The van der Waals surface area contributed by atoms with Crippen LogP contribution in [0.1, 0.15) is 18.7 Å². The molecule has 0 fully saturated rings. The van der Waals surface area contributed by atoms with Crippen molar-refractivity contribution in [1.29, 1.82) is 0 Å². The number of imidazole rings is 1. The molecule has 0 radical (unpaired) electrons. The van der Waals surface area contributed by atoms with Crippen LogP contribution in [0.4, 0.5) is 0 Å². The molecule has 17 heavy (non-hydrogen) atoms. The number of pyridine rings is 1. The molecule has 1 unspecified atom stereocenters. The van der Waals surface area contributed by atoms with E-state index in [0.717, 1.165) is 22.0 Å². The van der Waals surface area contributed by atoms with Gasteiger partial charge >= 0.3 is 0 Å². The number of nitrogens with two attached hydrogens (primary N) is 1. The topological polar surface area (TPSA) is 56.2 Å². The maximum Gasteiger partial charge on any atom is 0.143 e. The monoisotopic (exact) mass is 244 g/mol. The molecule has 3 heterocycles. The van der Waals surface area contributed by atoms with E-state index in [9.17, 15) is 0 Å². The van der Waals surface area contributed by atoms with Crippen LogP contribution >= 0.6 is 11.3 Å². The number of hydrogen-bond acceptors (Lipinski definition) is 4. The number of aromatic nitrogens is 3. The normalized spacial score (nSPS) is 13.1. The lowest BCUT2D eigenvalue weighted by atomic mass is 10.3. The molecular formula is C12H12N4S. The van der Waals surface area contributed by atoms with Gasteiger partial charge in [-0.1, -0.05) is 6.07 Å². The Hall–Kier alpha value is -1.72. The fourth-order valence-corrected chi connectivity index (χ4v) is 2.53. The van der Waals surface area contributed by atoms with E-state index in [0.29, 0.717) is 0 Å². The van der Waals surface area contributed by atoms with Crippen molar-refractivity contribution in [3.63, 3.8) is 0 Å². The molecule has 2 N–H and O–H groups in total. The lowest BCUT2D eigenvalue weighted by molar-refractivity contribution is 0.790. The van der Waals surface area contributed by atoms with Crippen molar-refractivity contribution in [2.45, 2.75) is 13.0 Å². The van der Waals surface area contributed by atoms with Crippen LogP contribution in [0.3, 0.4) is 0 Å². The van der Waals surface area contributed by atoms with E-state index >= 15 is 0 Å². The third-order valence-corrected chi connectivity index (χ3v) is 3.45. The molecule has 0 saturated heterocycles. The summed E-state index contributed by atoms with van der Waals surface area (Å²) in [7, 11) is 0. The van der Waals surface area contributed by atoms with Gasteiger partial charge in [0.2, 0.25) is 0 Å². The molecule has 3 rings (SSSR count). The van der Waals surface area contributed by atoms with Gasteiger partial charge in [-0.2, -0.15) is 0 Å². The van der Waals surface area contributed by atoms with E-state index < -0.39 is 0 Å². The highest BCUT2D eigenvalue weighted by atomic mass is 32.1. The van der Waals surface area contributed by atoms with Crippen molar-refractivity contribution in [3.8, 4) is 10.7 Å². The van der Waals surface area contributed by atoms with Crippen LogP contribution in [0, 0.1) is 0 Å². The fourth-order valence-electron chi connectivity index (χ4n) is 1.65. The number of rotatable bonds is 2. The van der Waals surface area contributed by atoms with E-state index in [4.69, 9.17) is 5.73 Å². The highest BCUT2D eigenvalue weighted by Crippen LogP contribution is 2.25. The van der Waals surface area contributed by atoms with Crippen molar-refractivity contribution >= 4 is 17.0 Å². The second-order valence-corrected chi connectivity index (χ2v) is 4.82. The molecule has 0 amide bonds. The zero-order valence-electron chi connectivity index (χ0n) is 9.37. The van der Waals surface area contributed by atoms with Gasteiger partial charge in [-0.05, 0) is 19.1 Å². The van der Waals surface area contributed by atoms with E-state index in [2.05, 4.69) is 9.97 Å². The molecule has 1 atom stereocenters. The fraction of sp³-hybridized carbons (Fsp3) is 0.167. The van der Waals surface area contributed by atoms with Crippen LogP contribution in [0.5, 0.6) is 0 Å². The summed E-state index contributed by atoms with van der Waals surface area (Å²) in [6.07, 6.45) is 3.96. The third kappa shape index (κ3) is 1.83. The Morgan fingerprint density at radius 2 is 2.24 bits per heavy atom. The van der Waals surface area contributed by atoms with E-state index in [1.807, 2.05) is 47.3 Å². The van der Waals surface area contributed by atoms with Gasteiger partial charge in [0.1, 0.15) is 16.3 Å². The van der Waals surface area contributed by atoms with Crippen LogP contribution in [-0.4, -0.2) is 14.4 Å². The summed E-state index contributed by atoms with van der Waals surface area (Å²) in [4.78, 5) is 9.02. The number of nitrogens with zero attached hydrogens (tertiary/aromatic N) is 3. The van der Waals surface area contributed by atoms with Gasteiger partial charge in [-0.25, -0.2) is 9.97 Å². The second kappa shape index (κ2) is 3.94. The molecule has 3 aromatic rings. The Kier molecular flexibility index (Phi) is 2.42. The van der Waals surface area contributed by atoms with Gasteiger partial charge in [0.25, 0.3) is 0 Å². The molecule has 0 bridgehead atoms. The average Bonchev–Trinajstić information content (AvgIpc) is 2.95. The molecule has 0 aliphatic heterocycles. The van der Waals surface area contributed by atoms with Crippen LogP contribution in [0.2, 0.25) is 0 Å². The molecule has 3 aromatic heterocycles. The summed E-state index contributed by atoms with van der Waals surface area (Å²) in [5.41, 5.74) is 8.54. The molecule has 5 heteroatoms. The van der Waals surface area contributed by atoms with Crippen molar-refractivity contribution in [2.75, 3.05) is 0 Å². The zero-order valence-corrected chi connectivity index (χ0v) is 10.2. The van der Waals surface area contributed by atoms with Crippen molar-refractivity contribution in [3.05, 3.63) is 41.7 Å². The standard InChI is InChI=1S/C12H12N4S/c1-8(13)10-7-17-12(15-10)9-6-16-5-3-2-4-11(16)14-9/h2-8H,13H2,1H3. The Morgan fingerprint density at radius 3 is 2.94 bits per heavy atom. The highest BCUT2D eigenvalue weighted by molar-refractivity contribution is 7.13. The molecular weight excluding hydrogens is 232 g/mol. The smallest absolute Gasteiger partial charge is 0.143 e. The lowest BCUT2D eigenvalue weighted by Gasteiger charge is -1.96. The summed E-state index contributed by atoms with van der Waals surface area (Å²) in [5.74, 6) is 0. The van der Waals surface area contributed by atoms with Crippen molar-refractivity contribution in [2.24, 2.45) is 5.73 Å². The predicted octanol–water partition coefficient (Wildman–Crippen LogP) is 2.48. The minimum Gasteiger partial charge on any atom is -0.323 e. The van der Waals surface area contributed by atoms with Crippen molar-refractivity contribution < 1.29 is 0 Å². The molecule has 0 aromatic carbocycles. The van der Waals surface area contributed by atoms with Gasteiger partial charge in [0.05, 0.1) is 5.69 Å². The summed E-state index contributed by atoms with van der Waals surface area (Å²) >= 11 is 1.58. The zero-order chi connectivity index (χ0) is 11.8. The molecule has 0 aliphatic rings. The summed E-state index contributed by atoms with van der Waals surface area (Å²) < 4.78 is 1.99. The van der Waals surface area contributed by atoms with Crippen LogP contribution in [0.15, 0.2) is 36.0 Å². The third-order valence-electron chi connectivity index (χ3n) is 2.57. The van der Waals surface area contributed by atoms with Gasteiger partial charge in [0.15, 0.2) is 0 Å². The minimum absolute atomic E-state index is 0.0305. The Bertz CT molecular complexity index is 620. The summed E-state index contributed by atoms with van der Waals surface area (Å²) in [6.45, 7) is 1.93. The first kappa shape index (κ1) is 10.4. The van der Waals surface area contributed by atoms with Crippen LogP contribution in [-0.2, 0) is 0 Å².